The number of nitrogens with zero attached hydrogens (tertiary/aromatic N) is 1. The highest BCUT2D eigenvalue weighted by Crippen LogP contribution is 2.24. The Kier molecular flexibility index (Phi) is 5.96. The number of halogens is 2. The van der Waals surface area contributed by atoms with E-state index in [0.29, 0.717) is 28.0 Å². The third-order valence-electron chi connectivity index (χ3n) is 3.78. The van der Waals surface area contributed by atoms with E-state index in [9.17, 15) is 5.26 Å². The fourth-order valence-electron chi connectivity index (χ4n) is 2.46. The Labute approximate surface area is 162 Å². The fraction of sp³-hybridized carbons (Fsp3) is 0.0455. The highest BCUT2D eigenvalue weighted by molar-refractivity contribution is 6.35. The number of hydrogen-bond donors (Lipinski definition) is 0. The van der Waals surface area contributed by atoms with Crippen molar-refractivity contribution < 1.29 is 4.74 Å². The molecule has 0 unspecified atom stereocenters. The lowest BCUT2D eigenvalue weighted by atomic mass is 10.0. The van der Waals surface area contributed by atoms with E-state index < -0.39 is 0 Å². The van der Waals surface area contributed by atoms with Crippen LogP contribution in [-0.2, 0) is 6.61 Å². The molecule has 0 aromatic heterocycles. The molecular weight excluding hydrogens is 365 g/mol. The summed E-state index contributed by atoms with van der Waals surface area (Å²) in [6, 6.07) is 24.7. The van der Waals surface area contributed by atoms with Crippen molar-refractivity contribution >= 4 is 34.9 Å². The van der Waals surface area contributed by atoms with Crippen LogP contribution < -0.4 is 4.74 Å². The van der Waals surface area contributed by atoms with Crippen LogP contribution in [0.1, 0.15) is 16.7 Å². The number of ether oxygens (including phenoxy) is 1. The zero-order chi connectivity index (χ0) is 18.4. The van der Waals surface area contributed by atoms with Gasteiger partial charge in [-0.05, 0) is 41.5 Å². The summed E-state index contributed by atoms with van der Waals surface area (Å²) in [7, 11) is 0. The maximum Gasteiger partial charge on any atom is 0.120 e. The van der Waals surface area contributed by atoms with E-state index in [-0.39, 0.29) is 0 Å². The molecule has 3 aromatic rings. The van der Waals surface area contributed by atoms with E-state index in [0.717, 1.165) is 16.7 Å². The van der Waals surface area contributed by atoms with Crippen molar-refractivity contribution in [2.24, 2.45) is 0 Å². The Morgan fingerprint density at radius 3 is 2.50 bits per heavy atom. The first-order valence-electron chi connectivity index (χ1n) is 8.00. The third-order valence-corrected chi connectivity index (χ3v) is 4.37. The average molecular weight is 380 g/mol. The Morgan fingerprint density at radius 2 is 1.77 bits per heavy atom. The van der Waals surface area contributed by atoms with E-state index in [2.05, 4.69) is 6.07 Å². The van der Waals surface area contributed by atoms with E-state index in [1.54, 1.807) is 12.1 Å². The lowest BCUT2D eigenvalue weighted by Crippen LogP contribution is -1.96. The average Bonchev–Trinajstić information content (AvgIpc) is 2.66. The van der Waals surface area contributed by atoms with Crippen LogP contribution in [-0.4, -0.2) is 0 Å². The van der Waals surface area contributed by atoms with E-state index >= 15 is 0 Å². The first kappa shape index (κ1) is 18.1. The predicted octanol–water partition coefficient (Wildman–Crippen LogP) is 6.64. The van der Waals surface area contributed by atoms with Gasteiger partial charge < -0.3 is 4.74 Å². The lowest BCUT2D eigenvalue weighted by Gasteiger charge is -2.09. The Morgan fingerprint density at radius 1 is 0.962 bits per heavy atom. The van der Waals surface area contributed by atoms with Crippen LogP contribution in [0.2, 0.25) is 10.0 Å². The second-order valence-corrected chi connectivity index (χ2v) is 6.48. The van der Waals surface area contributed by atoms with Crippen LogP contribution >= 0.6 is 23.2 Å². The van der Waals surface area contributed by atoms with Gasteiger partial charge >= 0.3 is 0 Å². The van der Waals surface area contributed by atoms with Crippen LogP contribution in [0.4, 0.5) is 0 Å². The molecule has 128 valence electrons. The van der Waals surface area contributed by atoms with Gasteiger partial charge in [-0.2, -0.15) is 5.26 Å². The SMILES string of the molecule is N#C/C(=C/c1cccc(OCc2ccc(Cl)cc2Cl)c1)c1ccccc1. The molecule has 3 aromatic carbocycles. The van der Waals surface area contributed by atoms with Crippen LogP contribution in [0.15, 0.2) is 72.8 Å². The molecule has 0 radical (unpaired) electrons. The third kappa shape index (κ3) is 4.67. The van der Waals surface area contributed by atoms with Crippen molar-refractivity contribution in [3.8, 4) is 11.8 Å². The summed E-state index contributed by atoms with van der Waals surface area (Å²) < 4.78 is 5.83. The molecule has 0 saturated carbocycles. The number of hydrogen-bond acceptors (Lipinski definition) is 2. The van der Waals surface area contributed by atoms with Crippen LogP contribution in [0.3, 0.4) is 0 Å². The first-order chi connectivity index (χ1) is 12.7. The van der Waals surface area contributed by atoms with Gasteiger partial charge in [0.15, 0.2) is 0 Å². The molecular formula is C22H15Cl2NO. The van der Waals surface area contributed by atoms with E-state index in [4.69, 9.17) is 27.9 Å². The molecule has 0 bridgehead atoms. The monoisotopic (exact) mass is 379 g/mol. The molecule has 0 spiro atoms. The molecule has 2 nitrogen and oxygen atoms in total. The summed E-state index contributed by atoms with van der Waals surface area (Å²) in [6.45, 7) is 0.340. The molecule has 0 aliphatic carbocycles. The largest absolute Gasteiger partial charge is 0.489 e. The summed E-state index contributed by atoms with van der Waals surface area (Å²) in [6.07, 6.45) is 1.84. The van der Waals surface area contributed by atoms with Crippen LogP contribution in [0, 0.1) is 11.3 Å². The van der Waals surface area contributed by atoms with Crippen molar-refractivity contribution in [2.75, 3.05) is 0 Å². The maximum atomic E-state index is 9.44. The van der Waals surface area contributed by atoms with Crippen molar-refractivity contribution in [1.82, 2.24) is 0 Å². The molecule has 0 aliphatic heterocycles. The van der Waals surface area contributed by atoms with Gasteiger partial charge in [-0.25, -0.2) is 0 Å². The second-order valence-electron chi connectivity index (χ2n) is 5.63. The van der Waals surface area contributed by atoms with Gasteiger partial charge in [0.05, 0.1) is 11.6 Å². The van der Waals surface area contributed by atoms with Crippen molar-refractivity contribution in [3.05, 3.63) is 99.5 Å². The van der Waals surface area contributed by atoms with Gasteiger partial charge in [0.1, 0.15) is 12.4 Å². The lowest BCUT2D eigenvalue weighted by molar-refractivity contribution is 0.306. The molecule has 4 heteroatoms. The van der Waals surface area contributed by atoms with Crippen LogP contribution in [0.25, 0.3) is 11.6 Å². The van der Waals surface area contributed by atoms with Gasteiger partial charge in [0.25, 0.3) is 0 Å². The van der Waals surface area contributed by atoms with Crippen molar-refractivity contribution in [1.29, 1.82) is 5.26 Å². The first-order valence-corrected chi connectivity index (χ1v) is 8.75. The predicted molar refractivity (Wildman–Crippen MR) is 107 cm³/mol. The van der Waals surface area contributed by atoms with Gasteiger partial charge in [-0.1, -0.05) is 71.7 Å². The quantitative estimate of drug-likeness (QED) is 0.367. The van der Waals surface area contributed by atoms with Gasteiger partial charge in [0, 0.05) is 15.6 Å². The minimum atomic E-state index is 0.340. The minimum absolute atomic E-state index is 0.340. The van der Waals surface area contributed by atoms with Gasteiger partial charge in [0.2, 0.25) is 0 Å². The Hall–Kier alpha value is -2.73. The zero-order valence-corrected chi connectivity index (χ0v) is 15.3. The molecule has 0 aliphatic rings. The van der Waals surface area contributed by atoms with Gasteiger partial charge in [-0.3, -0.25) is 0 Å². The van der Waals surface area contributed by atoms with E-state index in [1.807, 2.05) is 66.7 Å². The van der Waals surface area contributed by atoms with Crippen molar-refractivity contribution in [3.63, 3.8) is 0 Å². The van der Waals surface area contributed by atoms with Crippen LogP contribution in [0.5, 0.6) is 5.75 Å². The molecule has 3 rings (SSSR count). The van der Waals surface area contributed by atoms with E-state index in [1.165, 1.54) is 0 Å². The minimum Gasteiger partial charge on any atom is -0.489 e. The van der Waals surface area contributed by atoms with Gasteiger partial charge in [-0.15, -0.1) is 0 Å². The number of allylic oxidation sites excluding steroid dienone is 1. The molecule has 0 saturated heterocycles. The molecule has 0 N–H and O–H groups in total. The van der Waals surface area contributed by atoms with Crippen molar-refractivity contribution in [2.45, 2.75) is 6.61 Å². The maximum absolute atomic E-state index is 9.44. The summed E-state index contributed by atoms with van der Waals surface area (Å²) in [5, 5.41) is 10.6. The summed E-state index contributed by atoms with van der Waals surface area (Å²) in [5.41, 5.74) is 3.24. The molecule has 0 heterocycles. The highest BCUT2D eigenvalue weighted by Gasteiger charge is 2.04. The normalized spacial score (nSPS) is 11.0. The molecule has 0 fully saturated rings. The summed E-state index contributed by atoms with van der Waals surface area (Å²) in [5.74, 6) is 0.704. The number of rotatable bonds is 5. The Balaban J connectivity index is 1.78. The molecule has 0 amide bonds. The second kappa shape index (κ2) is 8.58. The molecule has 26 heavy (non-hydrogen) atoms. The smallest absolute Gasteiger partial charge is 0.120 e. The fourth-order valence-corrected chi connectivity index (χ4v) is 2.92. The molecule has 0 atom stereocenters. The number of benzene rings is 3. The topological polar surface area (TPSA) is 33.0 Å². The Bertz CT molecular complexity index is 975. The highest BCUT2D eigenvalue weighted by atomic mass is 35.5. The zero-order valence-electron chi connectivity index (χ0n) is 13.8. The number of nitriles is 1. The summed E-state index contributed by atoms with van der Waals surface area (Å²) in [4.78, 5) is 0. The summed E-state index contributed by atoms with van der Waals surface area (Å²) >= 11 is 12.1. The standard InChI is InChI=1S/C22H15Cl2NO/c23-20-10-9-18(22(24)13-20)15-26-21-8-4-5-16(12-21)11-19(14-25)17-6-2-1-3-7-17/h1-13H,15H2/b19-11-.